The van der Waals surface area contributed by atoms with E-state index in [1.54, 1.807) is 0 Å². The predicted molar refractivity (Wildman–Crippen MR) is 137 cm³/mol. The number of hydrogen-bond acceptors (Lipinski definition) is 35. The fourth-order valence-electron chi connectivity index (χ4n) is 4.21. The molecule has 35 nitrogen and oxygen atoms in total. The minimum atomic E-state index is -6.58. The molecule has 0 aromatic carbocycles. The Balaban J connectivity index is -0.000000784. The van der Waals surface area contributed by atoms with Crippen LogP contribution in [0.4, 0.5) is 0 Å². The molecule has 2 aliphatic heterocycles. The van der Waals surface area contributed by atoms with Crippen molar-refractivity contribution in [2.24, 2.45) is 0 Å². The minimum Gasteiger partial charge on any atom is -0.726 e. The molecule has 63 heavy (non-hydrogen) atoms. The summed E-state index contributed by atoms with van der Waals surface area (Å²) in [5, 5.41) is 0. The summed E-state index contributed by atoms with van der Waals surface area (Å²) in [6.07, 6.45) is -27.5. The van der Waals surface area contributed by atoms with Crippen molar-refractivity contribution in [2.45, 2.75) is 54.8 Å². The predicted octanol–water partition coefficient (Wildman–Crippen LogP) is -33.5. The Bertz CT molecular complexity index is 2310. The summed E-state index contributed by atoms with van der Waals surface area (Å²) in [4.78, 5) is 0. The van der Waals surface area contributed by atoms with Crippen molar-refractivity contribution in [2.75, 3.05) is 19.8 Å². The molecule has 9 atom stereocenters. The molecule has 2 rings (SSSR count). The summed E-state index contributed by atoms with van der Waals surface area (Å²) in [7, 11) is -50.8. The van der Waals surface area contributed by atoms with Gasteiger partial charge in [-0.3, -0.25) is 33.5 Å². The van der Waals surface area contributed by atoms with Gasteiger partial charge in [0.2, 0.25) is 89.0 Å². The van der Waals surface area contributed by atoms with Crippen molar-refractivity contribution in [3.05, 3.63) is 0 Å². The van der Waals surface area contributed by atoms with Crippen LogP contribution in [0.25, 0.3) is 0 Å². The van der Waals surface area contributed by atoms with Gasteiger partial charge >= 0.3 is 411 Å². The Labute approximate surface area is 699 Å². The van der Waals surface area contributed by atoms with Crippen molar-refractivity contribution < 1.29 is 563 Å². The van der Waals surface area contributed by atoms with Gasteiger partial charge in [0.05, 0.1) is 13.2 Å². The van der Waals surface area contributed by atoms with Gasteiger partial charge in [-0.15, -0.1) is 0 Å². The fraction of sp³-hybridized carbons (Fsp3) is 1.00. The van der Waals surface area contributed by atoms with E-state index in [-0.39, 0.29) is 411 Å². The third-order valence-electron chi connectivity index (χ3n) is 5.65. The first kappa shape index (κ1) is 88.8. The summed E-state index contributed by atoms with van der Waals surface area (Å²) < 4.78 is 320. The summed E-state index contributed by atoms with van der Waals surface area (Å²) >= 11 is 0. The van der Waals surface area contributed by atoms with E-state index >= 15 is 0 Å². The fourth-order valence-corrected chi connectivity index (χ4v) is 7.60. The topological polar surface area (TPSA) is 559 Å². The summed E-state index contributed by atoms with van der Waals surface area (Å²) in [6, 6.07) is 0. The van der Waals surface area contributed by atoms with Gasteiger partial charge in [-0.2, -0.15) is 0 Å². The minimum absolute atomic E-state index is 0. The van der Waals surface area contributed by atoms with Crippen LogP contribution in [0.15, 0.2) is 0 Å². The molecule has 2 aliphatic rings. The van der Waals surface area contributed by atoms with Crippen LogP contribution in [0.5, 0.6) is 0 Å². The zero-order valence-electron chi connectivity index (χ0n) is 32.8. The van der Waals surface area contributed by atoms with Crippen LogP contribution in [0.2, 0.25) is 0 Å². The van der Waals surface area contributed by atoms with Gasteiger partial charge in [0.1, 0.15) is 37.1 Å². The van der Waals surface area contributed by atoms with E-state index in [0.717, 1.165) is 0 Å². The van der Waals surface area contributed by atoms with Crippen LogP contribution < -0.4 is 411 Å². The maximum absolute atomic E-state index is 11.7. The summed E-state index contributed by atoms with van der Waals surface area (Å²) in [5.74, 6) is -4.31. The molecule has 0 radical (unpaired) electrons. The van der Waals surface area contributed by atoms with Crippen molar-refractivity contribution in [1.29, 1.82) is 0 Å². The molecule has 0 bridgehead atoms. The molecular weight excluding hydrogens is 1270 g/mol. The third kappa shape index (κ3) is 38.3. The van der Waals surface area contributed by atoms with Crippen LogP contribution in [-0.4, -0.2) is 178 Å². The van der Waals surface area contributed by atoms with Gasteiger partial charge in [-0.1, -0.05) is 0 Å². The first-order valence-corrected chi connectivity index (χ1v) is 22.9. The molecule has 0 aromatic rings. The van der Waals surface area contributed by atoms with Crippen molar-refractivity contribution in [3.63, 3.8) is 0 Å². The Kier molecular flexibility index (Phi) is 51.3. The summed E-state index contributed by atoms with van der Waals surface area (Å²) in [5.41, 5.74) is 0. The van der Waals surface area contributed by atoms with Gasteiger partial charge in [0.25, 0.3) is 0 Å². The Morgan fingerprint density at radius 1 is 0.381 bits per heavy atom. The molecule has 51 heteroatoms. The van der Waals surface area contributed by atoms with Gasteiger partial charge in [-0.05, 0) is 0 Å². The Hall–Kier alpha value is 11.9. The van der Waals surface area contributed by atoms with Gasteiger partial charge in [0, 0.05) is 0 Å². The van der Waals surface area contributed by atoms with Gasteiger partial charge < -0.3 is 50.6 Å². The molecule has 2 saturated heterocycles. The molecule has 0 aliphatic carbocycles. The Morgan fingerprint density at radius 2 is 0.698 bits per heavy atom. The zero-order valence-corrected chi connectivity index (χ0v) is 64.3. The number of rotatable bonds is 21. The van der Waals surface area contributed by atoms with Crippen LogP contribution in [0, 0.1) is 0 Å². The van der Waals surface area contributed by atoms with Gasteiger partial charge in [0.15, 0.2) is 18.5 Å². The molecule has 0 saturated carbocycles. The molecule has 328 valence electrons. The normalized spacial score (nSPS) is 26.8. The quantitative estimate of drug-likeness (QED) is 0.0585. The maximum Gasteiger partial charge on any atom is 1.00 e. The molecule has 0 N–H and O–H groups in total. The SMILES string of the molecule is O=S(=O)([O-])OCC1OC(O[C@]2(COS(=O)(=O)[O-])OC(COS(=O)(=O)[O-])C(OS(=O)(=O)[O-])C2OS(=O)(=O)[O-])C(OS(=O)(=O)[O-])C(OS(=O)(=O)[O-])C1OS(=O)(=O)[O-].[K+].[K+].[K+].[K+].[K+].[K+].[K+].[K+]. The van der Waals surface area contributed by atoms with Crippen molar-refractivity contribution in [3.8, 4) is 0 Å². The van der Waals surface area contributed by atoms with E-state index in [4.69, 9.17) is 14.2 Å². The van der Waals surface area contributed by atoms with E-state index < -0.39 is 158 Å². The molecule has 0 spiro atoms. The van der Waals surface area contributed by atoms with E-state index in [0.29, 0.717) is 0 Å². The molecular formula is C12H14K8O35S8. The van der Waals surface area contributed by atoms with E-state index in [1.807, 2.05) is 0 Å². The van der Waals surface area contributed by atoms with E-state index in [1.165, 1.54) is 0 Å². The Morgan fingerprint density at radius 3 is 1.05 bits per heavy atom. The van der Waals surface area contributed by atoms with Crippen molar-refractivity contribution in [1.82, 2.24) is 0 Å². The standard InChI is InChI=1S/C12H22O35S8.8K/c13-48(14,15)37-1-4-6(43-51(22,23)24)8(45-53(28,29)30)9(46-54(31,32)33)11(40-4)42-12(3-39-50(19,20)21)10(47-55(34,35)36)7(44-52(25,26)27)5(41-12)2-38-49(16,17)18;;;;;;;;/h4-11H,1-3H2,(H,13,14,15)(H,16,17,18)(H,19,20,21)(H,22,23,24)(H,25,26,27)(H,28,29,30)(H,31,32,33)(H,34,35,36);;;;;;;;/q;8*+1/p-8/t4?,5?,6?,7?,8?,9?,10?,11?,12-;;;;;;;;/m0......../s1. The maximum atomic E-state index is 11.7. The monoisotopic (exact) mass is 1290 g/mol. The van der Waals surface area contributed by atoms with Crippen LogP contribution in [-0.2, 0) is 131 Å². The van der Waals surface area contributed by atoms with Crippen molar-refractivity contribution >= 4 is 83.2 Å². The second-order valence-electron chi connectivity index (χ2n) is 9.49. The second-order valence-corrected chi connectivity index (χ2v) is 17.7. The second kappa shape index (κ2) is 36.4. The smallest absolute Gasteiger partial charge is 0.726 e. The first-order valence-electron chi connectivity index (χ1n) is 12.2. The van der Waals surface area contributed by atoms with Crippen LogP contribution in [0.1, 0.15) is 0 Å². The molecule has 2 fully saturated rings. The zero-order chi connectivity index (χ0) is 43.0. The molecule has 8 unspecified atom stereocenters. The molecule has 2 heterocycles. The first-order chi connectivity index (χ1) is 24.2. The molecule has 0 amide bonds. The largest absolute Gasteiger partial charge is 1.00 e. The average molecular weight is 1290 g/mol. The van der Waals surface area contributed by atoms with Gasteiger partial charge in [-0.25, -0.2) is 67.3 Å². The van der Waals surface area contributed by atoms with Crippen LogP contribution in [0.3, 0.4) is 0 Å². The van der Waals surface area contributed by atoms with E-state index in [9.17, 15) is 104 Å². The third-order valence-corrected chi connectivity index (χ3v) is 9.18. The number of ether oxygens (including phenoxy) is 3. The summed E-state index contributed by atoms with van der Waals surface area (Å²) in [6.45, 7) is -6.74. The number of hydrogen-bond donors (Lipinski definition) is 0. The van der Waals surface area contributed by atoms with Crippen LogP contribution >= 0.6 is 0 Å². The van der Waals surface area contributed by atoms with E-state index in [2.05, 4.69) is 33.5 Å². The average Bonchev–Trinajstić information content (AvgIpc) is 3.15. The molecule has 0 aromatic heterocycles.